The van der Waals surface area contributed by atoms with Crippen LogP contribution in [0.4, 0.5) is 9.18 Å². The summed E-state index contributed by atoms with van der Waals surface area (Å²) in [4.78, 5) is 13.5. The molecule has 1 aromatic carbocycles. The predicted molar refractivity (Wildman–Crippen MR) is 84.8 cm³/mol. The summed E-state index contributed by atoms with van der Waals surface area (Å²) in [6.45, 7) is 3.53. The van der Waals surface area contributed by atoms with Gasteiger partial charge in [0.15, 0.2) is 0 Å². The van der Waals surface area contributed by atoms with Crippen LogP contribution in [0.3, 0.4) is 0 Å². The minimum absolute atomic E-state index is 0.0506. The molecule has 0 spiro atoms. The van der Waals surface area contributed by atoms with Gasteiger partial charge in [-0.1, -0.05) is 37.3 Å². The van der Waals surface area contributed by atoms with Crippen LogP contribution >= 0.6 is 0 Å². The molecule has 2 aliphatic rings. The predicted octanol–water partition coefficient (Wildman–Crippen LogP) is 3.55. The SMILES string of the molecule is CC1(COC2CCN(C(=O)OCc3ccccc3)CC2F)CC1. The average Bonchev–Trinajstić information content (AvgIpc) is 3.30. The first-order valence-corrected chi connectivity index (χ1v) is 8.27. The monoisotopic (exact) mass is 321 g/mol. The Bertz CT molecular complexity index is 532. The zero-order valence-electron chi connectivity index (χ0n) is 13.5. The molecule has 1 heterocycles. The van der Waals surface area contributed by atoms with Gasteiger partial charge in [-0.25, -0.2) is 9.18 Å². The molecule has 2 fully saturated rings. The smallest absolute Gasteiger partial charge is 0.410 e. The van der Waals surface area contributed by atoms with Crippen molar-refractivity contribution in [1.82, 2.24) is 4.90 Å². The third-order valence-electron chi connectivity index (χ3n) is 4.69. The summed E-state index contributed by atoms with van der Waals surface area (Å²) in [7, 11) is 0. The molecule has 0 aromatic heterocycles. The number of benzene rings is 1. The molecule has 0 radical (unpaired) electrons. The number of ether oxygens (including phenoxy) is 2. The third kappa shape index (κ3) is 4.44. The highest BCUT2D eigenvalue weighted by atomic mass is 19.1. The van der Waals surface area contributed by atoms with Crippen LogP contribution in [-0.2, 0) is 16.1 Å². The minimum Gasteiger partial charge on any atom is -0.445 e. The number of hydrogen-bond acceptors (Lipinski definition) is 3. The van der Waals surface area contributed by atoms with Crippen LogP contribution in [0.25, 0.3) is 0 Å². The Balaban J connectivity index is 1.42. The van der Waals surface area contributed by atoms with Gasteiger partial charge < -0.3 is 14.4 Å². The van der Waals surface area contributed by atoms with Gasteiger partial charge in [0.25, 0.3) is 0 Å². The lowest BCUT2D eigenvalue weighted by atomic mass is 10.1. The van der Waals surface area contributed by atoms with E-state index in [0.717, 1.165) is 18.4 Å². The number of halogens is 1. The molecule has 1 aliphatic carbocycles. The van der Waals surface area contributed by atoms with Crippen molar-refractivity contribution in [1.29, 1.82) is 0 Å². The van der Waals surface area contributed by atoms with Gasteiger partial charge in [-0.05, 0) is 30.2 Å². The molecule has 2 atom stereocenters. The second kappa shape index (κ2) is 6.87. The maximum absolute atomic E-state index is 14.2. The van der Waals surface area contributed by atoms with Gasteiger partial charge >= 0.3 is 6.09 Å². The molecule has 0 N–H and O–H groups in total. The standard InChI is InChI=1S/C18H24FNO3/c1-18(8-9-18)13-23-16-7-10-20(11-15(16)19)17(21)22-12-14-5-3-2-4-6-14/h2-6,15-16H,7-13H2,1H3. The fraction of sp³-hybridized carbons (Fsp3) is 0.611. The maximum atomic E-state index is 14.2. The summed E-state index contributed by atoms with van der Waals surface area (Å²) in [6.07, 6.45) is 0.853. The highest BCUT2D eigenvalue weighted by Crippen LogP contribution is 2.45. The molecule has 4 nitrogen and oxygen atoms in total. The van der Waals surface area contributed by atoms with Crippen LogP contribution < -0.4 is 0 Å². The molecule has 2 unspecified atom stereocenters. The van der Waals surface area contributed by atoms with Crippen molar-refractivity contribution in [3.05, 3.63) is 35.9 Å². The first kappa shape index (κ1) is 16.2. The van der Waals surface area contributed by atoms with Crippen LogP contribution in [0.2, 0.25) is 0 Å². The van der Waals surface area contributed by atoms with E-state index in [-0.39, 0.29) is 18.6 Å². The molecular formula is C18H24FNO3. The maximum Gasteiger partial charge on any atom is 0.410 e. The normalized spacial score (nSPS) is 25.9. The number of piperidine rings is 1. The molecule has 126 valence electrons. The molecule has 1 aliphatic heterocycles. The zero-order valence-corrected chi connectivity index (χ0v) is 13.5. The van der Waals surface area contributed by atoms with E-state index in [2.05, 4.69) is 6.92 Å². The van der Waals surface area contributed by atoms with Crippen LogP contribution in [-0.4, -0.2) is 43.0 Å². The van der Waals surface area contributed by atoms with Crippen molar-refractivity contribution in [2.24, 2.45) is 5.41 Å². The van der Waals surface area contributed by atoms with E-state index in [1.807, 2.05) is 30.3 Å². The first-order chi connectivity index (χ1) is 11.1. The molecule has 5 heteroatoms. The zero-order chi connectivity index (χ0) is 16.3. The van der Waals surface area contributed by atoms with Crippen molar-refractivity contribution in [3.8, 4) is 0 Å². The highest BCUT2D eigenvalue weighted by Gasteiger charge is 2.40. The van der Waals surface area contributed by atoms with Crippen LogP contribution in [0.15, 0.2) is 30.3 Å². The van der Waals surface area contributed by atoms with Gasteiger partial charge in [0, 0.05) is 6.54 Å². The Kier molecular flexibility index (Phi) is 4.85. The van der Waals surface area contributed by atoms with Gasteiger partial charge in [0.05, 0.1) is 19.3 Å². The van der Waals surface area contributed by atoms with Gasteiger partial charge in [0.1, 0.15) is 12.8 Å². The Morgan fingerprint density at radius 3 is 2.74 bits per heavy atom. The molecular weight excluding hydrogens is 297 g/mol. The molecule has 1 amide bonds. The van der Waals surface area contributed by atoms with Gasteiger partial charge in [-0.2, -0.15) is 0 Å². The second-order valence-electron chi connectivity index (χ2n) is 6.95. The lowest BCUT2D eigenvalue weighted by molar-refractivity contribution is -0.0570. The van der Waals surface area contributed by atoms with E-state index < -0.39 is 18.4 Å². The second-order valence-corrected chi connectivity index (χ2v) is 6.95. The van der Waals surface area contributed by atoms with E-state index in [9.17, 15) is 9.18 Å². The third-order valence-corrected chi connectivity index (χ3v) is 4.69. The molecule has 1 saturated carbocycles. The van der Waals surface area contributed by atoms with Crippen molar-refractivity contribution >= 4 is 6.09 Å². The largest absolute Gasteiger partial charge is 0.445 e. The van der Waals surface area contributed by atoms with Gasteiger partial charge in [0.2, 0.25) is 0 Å². The fourth-order valence-electron chi connectivity index (χ4n) is 2.71. The number of rotatable bonds is 5. The summed E-state index contributed by atoms with van der Waals surface area (Å²) in [5, 5.41) is 0. The molecule has 3 rings (SSSR count). The minimum atomic E-state index is -1.14. The van der Waals surface area contributed by atoms with Crippen molar-refractivity contribution < 1.29 is 18.7 Å². The van der Waals surface area contributed by atoms with E-state index in [4.69, 9.17) is 9.47 Å². The number of carbonyl (C=O) groups is 1. The lowest BCUT2D eigenvalue weighted by Gasteiger charge is -2.34. The fourth-order valence-corrected chi connectivity index (χ4v) is 2.71. The summed E-state index contributed by atoms with van der Waals surface area (Å²) < 4.78 is 25.2. The quantitative estimate of drug-likeness (QED) is 0.832. The summed E-state index contributed by atoms with van der Waals surface area (Å²) in [5.41, 5.74) is 1.18. The number of amides is 1. The van der Waals surface area contributed by atoms with Gasteiger partial charge in [-0.3, -0.25) is 0 Å². The Morgan fingerprint density at radius 2 is 2.09 bits per heavy atom. The van der Waals surface area contributed by atoms with Crippen LogP contribution in [0.1, 0.15) is 31.7 Å². The summed E-state index contributed by atoms with van der Waals surface area (Å²) in [6, 6.07) is 9.48. The number of likely N-dealkylation sites (tertiary alicyclic amines) is 1. The summed E-state index contributed by atoms with van der Waals surface area (Å²) in [5.74, 6) is 0. The number of carbonyl (C=O) groups excluding carboxylic acids is 1. The lowest BCUT2D eigenvalue weighted by Crippen LogP contribution is -2.48. The Labute approximate surface area is 136 Å². The molecule has 1 aromatic rings. The van der Waals surface area contributed by atoms with Crippen LogP contribution in [0, 0.1) is 5.41 Å². The average molecular weight is 321 g/mol. The van der Waals surface area contributed by atoms with E-state index in [1.54, 1.807) is 0 Å². The van der Waals surface area contributed by atoms with Crippen LogP contribution in [0.5, 0.6) is 0 Å². The molecule has 23 heavy (non-hydrogen) atoms. The van der Waals surface area contributed by atoms with E-state index in [0.29, 0.717) is 19.6 Å². The van der Waals surface area contributed by atoms with E-state index in [1.165, 1.54) is 4.90 Å². The number of alkyl halides is 1. The van der Waals surface area contributed by atoms with Crippen molar-refractivity contribution in [3.63, 3.8) is 0 Å². The molecule has 0 bridgehead atoms. The number of hydrogen-bond donors (Lipinski definition) is 0. The van der Waals surface area contributed by atoms with Crippen molar-refractivity contribution in [2.45, 2.75) is 45.1 Å². The van der Waals surface area contributed by atoms with Gasteiger partial charge in [-0.15, -0.1) is 0 Å². The first-order valence-electron chi connectivity index (χ1n) is 8.27. The Hall–Kier alpha value is -1.62. The number of nitrogens with zero attached hydrogens (tertiary/aromatic N) is 1. The highest BCUT2D eigenvalue weighted by molar-refractivity contribution is 5.67. The topological polar surface area (TPSA) is 38.8 Å². The Morgan fingerprint density at radius 1 is 1.35 bits per heavy atom. The van der Waals surface area contributed by atoms with Crippen molar-refractivity contribution in [2.75, 3.05) is 19.7 Å². The summed E-state index contributed by atoms with van der Waals surface area (Å²) >= 11 is 0. The van der Waals surface area contributed by atoms with E-state index >= 15 is 0 Å². The molecule has 1 saturated heterocycles.